The average molecular weight is 420 g/mol. The molecule has 0 atom stereocenters. The lowest BCUT2D eigenvalue weighted by atomic mass is 10.2. The molecule has 158 valence electrons. The predicted molar refractivity (Wildman–Crippen MR) is 114 cm³/mol. The summed E-state index contributed by atoms with van der Waals surface area (Å²) in [7, 11) is 3.00. The van der Waals surface area contributed by atoms with Gasteiger partial charge in [0.1, 0.15) is 11.5 Å². The van der Waals surface area contributed by atoms with Crippen molar-refractivity contribution >= 4 is 18.1 Å². The maximum atomic E-state index is 12.4. The number of amides is 1. The molecular formula is C23H20N2O6. The summed E-state index contributed by atoms with van der Waals surface area (Å²) in [6, 6.07) is 17.2. The molecule has 0 spiro atoms. The number of hydrogen-bond acceptors (Lipinski definition) is 7. The van der Waals surface area contributed by atoms with Crippen molar-refractivity contribution in [1.82, 2.24) is 5.43 Å². The molecule has 0 aliphatic rings. The van der Waals surface area contributed by atoms with Gasteiger partial charge in [0.25, 0.3) is 5.91 Å². The summed E-state index contributed by atoms with van der Waals surface area (Å²) >= 11 is 0. The molecule has 0 fully saturated rings. The molecule has 8 heteroatoms. The van der Waals surface area contributed by atoms with Gasteiger partial charge in [-0.3, -0.25) is 4.79 Å². The first-order chi connectivity index (χ1) is 15.0. The van der Waals surface area contributed by atoms with Gasteiger partial charge in [-0.25, -0.2) is 10.2 Å². The van der Waals surface area contributed by atoms with Gasteiger partial charge in [0.05, 0.1) is 26.0 Å². The molecule has 0 radical (unpaired) electrons. The van der Waals surface area contributed by atoms with Gasteiger partial charge in [-0.05, 0) is 72.3 Å². The Bertz CT molecular complexity index is 1090. The second kappa shape index (κ2) is 9.93. The lowest BCUT2D eigenvalue weighted by molar-refractivity contribution is 0.0734. The smallest absolute Gasteiger partial charge is 0.343 e. The van der Waals surface area contributed by atoms with Crippen molar-refractivity contribution in [3.8, 4) is 23.0 Å². The van der Waals surface area contributed by atoms with Crippen LogP contribution in [0.2, 0.25) is 0 Å². The minimum absolute atomic E-state index is 0.0759. The number of nitrogens with zero attached hydrogens (tertiary/aromatic N) is 1. The van der Waals surface area contributed by atoms with Crippen LogP contribution in [0.25, 0.3) is 0 Å². The third kappa shape index (κ3) is 5.60. The Hall–Kier alpha value is -4.33. The monoisotopic (exact) mass is 420 g/mol. The van der Waals surface area contributed by atoms with E-state index in [4.69, 9.17) is 14.2 Å². The van der Waals surface area contributed by atoms with Crippen molar-refractivity contribution in [3.63, 3.8) is 0 Å². The highest BCUT2D eigenvalue weighted by Gasteiger charge is 2.13. The van der Waals surface area contributed by atoms with Gasteiger partial charge in [0, 0.05) is 5.56 Å². The van der Waals surface area contributed by atoms with Crippen LogP contribution in [0.3, 0.4) is 0 Å². The number of nitrogens with one attached hydrogen (secondary N) is 1. The number of esters is 1. The Labute approximate surface area is 178 Å². The summed E-state index contributed by atoms with van der Waals surface area (Å²) in [5.74, 6) is 0.426. The van der Waals surface area contributed by atoms with Gasteiger partial charge in [-0.15, -0.1) is 0 Å². The van der Waals surface area contributed by atoms with E-state index in [1.54, 1.807) is 42.5 Å². The Kier molecular flexibility index (Phi) is 6.85. The minimum Gasteiger partial charge on any atom is -0.508 e. The molecule has 1 amide bonds. The maximum absolute atomic E-state index is 12.4. The summed E-state index contributed by atoms with van der Waals surface area (Å²) in [6.45, 7) is 0. The van der Waals surface area contributed by atoms with Crippen LogP contribution < -0.4 is 19.6 Å². The number of hydrogen-bond donors (Lipinski definition) is 2. The Morgan fingerprint density at radius 1 is 0.871 bits per heavy atom. The Balaban J connectivity index is 1.58. The first-order valence-corrected chi connectivity index (χ1v) is 9.17. The summed E-state index contributed by atoms with van der Waals surface area (Å²) in [5.41, 5.74) is 3.78. The fraction of sp³-hybridized carbons (Fsp3) is 0.0870. The van der Waals surface area contributed by atoms with E-state index >= 15 is 0 Å². The highest BCUT2D eigenvalue weighted by Crippen LogP contribution is 2.28. The van der Waals surface area contributed by atoms with Crippen LogP contribution in [0, 0.1) is 0 Å². The van der Waals surface area contributed by atoms with E-state index in [-0.39, 0.29) is 5.75 Å². The summed E-state index contributed by atoms with van der Waals surface area (Å²) in [5, 5.41) is 13.1. The Morgan fingerprint density at radius 2 is 1.52 bits per heavy atom. The molecule has 31 heavy (non-hydrogen) atoms. The van der Waals surface area contributed by atoms with Gasteiger partial charge >= 0.3 is 5.97 Å². The summed E-state index contributed by atoms with van der Waals surface area (Å²) < 4.78 is 15.7. The lowest BCUT2D eigenvalue weighted by Gasteiger charge is -2.09. The van der Waals surface area contributed by atoms with Gasteiger partial charge in [-0.2, -0.15) is 5.10 Å². The fourth-order valence-electron chi connectivity index (χ4n) is 2.59. The van der Waals surface area contributed by atoms with E-state index in [9.17, 15) is 14.7 Å². The van der Waals surface area contributed by atoms with Gasteiger partial charge in [-0.1, -0.05) is 0 Å². The zero-order chi connectivity index (χ0) is 22.2. The topological polar surface area (TPSA) is 106 Å². The number of phenolic OH excluding ortho intramolecular Hbond substituents is 1. The highest BCUT2D eigenvalue weighted by atomic mass is 16.5. The van der Waals surface area contributed by atoms with Crippen LogP contribution in [0.5, 0.6) is 23.0 Å². The molecule has 0 saturated heterocycles. The third-order valence-corrected chi connectivity index (χ3v) is 4.22. The normalized spacial score (nSPS) is 10.5. The van der Waals surface area contributed by atoms with Crippen molar-refractivity contribution in [3.05, 3.63) is 83.4 Å². The van der Waals surface area contributed by atoms with Gasteiger partial charge in [0.2, 0.25) is 0 Å². The van der Waals surface area contributed by atoms with Crippen LogP contribution >= 0.6 is 0 Å². The SMILES string of the molecule is COc1ccc(C(=O)Oc2ccc(/C=N/NC(=O)c3ccc(O)cc3)cc2)cc1OC. The van der Waals surface area contributed by atoms with Gasteiger partial charge in [0.15, 0.2) is 11.5 Å². The van der Waals surface area contributed by atoms with E-state index < -0.39 is 11.9 Å². The second-order valence-corrected chi connectivity index (χ2v) is 6.27. The quantitative estimate of drug-likeness (QED) is 0.263. The van der Waals surface area contributed by atoms with E-state index in [1.807, 2.05) is 0 Å². The fourth-order valence-corrected chi connectivity index (χ4v) is 2.59. The molecule has 0 unspecified atom stereocenters. The van der Waals surface area contributed by atoms with Crippen molar-refractivity contribution < 1.29 is 28.9 Å². The van der Waals surface area contributed by atoms with Crippen LogP contribution in [0.1, 0.15) is 26.3 Å². The summed E-state index contributed by atoms with van der Waals surface area (Å²) in [6.07, 6.45) is 1.46. The largest absolute Gasteiger partial charge is 0.508 e. The second-order valence-electron chi connectivity index (χ2n) is 6.27. The van der Waals surface area contributed by atoms with Crippen LogP contribution in [-0.2, 0) is 0 Å². The standard InChI is InChI=1S/C23H20N2O6/c1-29-20-12-7-17(13-21(20)30-2)23(28)31-19-10-3-15(4-11-19)14-24-25-22(27)16-5-8-18(26)9-6-16/h3-14,26H,1-2H3,(H,25,27)/b24-14+. The molecule has 0 aromatic heterocycles. The number of aromatic hydroxyl groups is 1. The number of benzene rings is 3. The molecule has 3 aromatic carbocycles. The van der Waals surface area contributed by atoms with Crippen molar-refractivity contribution in [2.75, 3.05) is 14.2 Å². The van der Waals surface area contributed by atoms with Crippen LogP contribution in [0.4, 0.5) is 0 Å². The van der Waals surface area contributed by atoms with Crippen LogP contribution in [-0.4, -0.2) is 37.4 Å². The van der Waals surface area contributed by atoms with Crippen LogP contribution in [0.15, 0.2) is 71.8 Å². The average Bonchev–Trinajstić information content (AvgIpc) is 2.80. The van der Waals surface area contributed by atoms with Crippen molar-refractivity contribution in [2.24, 2.45) is 5.10 Å². The molecule has 0 bridgehead atoms. The molecule has 0 saturated carbocycles. The molecule has 0 aliphatic heterocycles. The summed E-state index contributed by atoms with van der Waals surface area (Å²) in [4.78, 5) is 24.3. The van der Waals surface area contributed by atoms with E-state index in [0.29, 0.717) is 33.9 Å². The zero-order valence-corrected chi connectivity index (χ0v) is 16.9. The third-order valence-electron chi connectivity index (χ3n) is 4.22. The first kappa shape index (κ1) is 21.4. The number of methoxy groups -OCH3 is 2. The minimum atomic E-state index is -0.538. The van der Waals surface area contributed by atoms with Crippen molar-refractivity contribution in [1.29, 1.82) is 0 Å². The first-order valence-electron chi connectivity index (χ1n) is 9.17. The van der Waals surface area contributed by atoms with Crippen molar-refractivity contribution in [2.45, 2.75) is 0 Å². The molecule has 2 N–H and O–H groups in total. The highest BCUT2D eigenvalue weighted by molar-refractivity contribution is 5.95. The number of carbonyl (C=O) groups excluding carboxylic acids is 2. The predicted octanol–water partition coefficient (Wildman–Crippen LogP) is 3.39. The van der Waals surface area contributed by atoms with E-state index in [0.717, 1.165) is 0 Å². The number of hydrazone groups is 1. The Morgan fingerprint density at radius 3 is 2.16 bits per heavy atom. The molecule has 3 aromatic rings. The van der Waals surface area contributed by atoms with E-state index in [2.05, 4.69) is 10.5 Å². The number of carbonyl (C=O) groups is 2. The number of rotatable bonds is 7. The number of ether oxygens (including phenoxy) is 3. The molecule has 0 aliphatic carbocycles. The maximum Gasteiger partial charge on any atom is 0.343 e. The molecular weight excluding hydrogens is 400 g/mol. The van der Waals surface area contributed by atoms with Gasteiger partial charge < -0.3 is 19.3 Å². The molecule has 0 heterocycles. The zero-order valence-electron chi connectivity index (χ0n) is 16.9. The number of phenols is 1. The van der Waals surface area contributed by atoms with E-state index in [1.165, 1.54) is 44.7 Å². The molecule has 8 nitrogen and oxygen atoms in total. The molecule has 3 rings (SSSR count). The lowest BCUT2D eigenvalue weighted by Crippen LogP contribution is -2.17.